The van der Waals surface area contributed by atoms with Gasteiger partial charge in [-0.25, -0.2) is 8.42 Å². The molecule has 1 aromatic heterocycles. The van der Waals surface area contributed by atoms with Gasteiger partial charge in [0.05, 0.1) is 11.8 Å². The normalized spacial score (nSPS) is 25.6. The third kappa shape index (κ3) is 2.50. The molecule has 0 aromatic carbocycles. The maximum atomic E-state index is 11.9. The van der Waals surface area contributed by atoms with E-state index in [-0.39, 0.29) is 17.7 Å². The Morgan fingerprint density at radius 3 is 2.88 bits per heavy atom. The first kappa shape index (κ1) is 12.5. The summed E-state index contributed by atoms with van der Waals surface area (Å²) in [6, 6.07) is -0.317. The maximum Gasteiger partial charge on any atom is 0.234 e. The van der Waals surface area contributed by atoms with Gasteiger partial charge in [-0.15, -0.1) is 10.2 Å². The summed E-state index contributed by atoms with van der Waals surface area (Å²) in [7, 11) is -3.13. The Morgan fingerprint density at radius 1 is 1.47 bits per heavy atom. The minimum atomic E-state index is -3.13. The summed E-state index contributed by atoms with van der Waals surface area (Å²) in [5.41, 5.74) is 5.76. The molecule has 96 valence electrons. The quantitative estimate of drug-likeness (QED) is 0.873. The van der Waals surface area contributed by atoms with Crippen molar-refractivity contribution in [1.29, 1.82) is 0 Å². The lowest BCUT2D eigenvalue weighted by Gasteiger charge is -2.18. The highest BCUT2D eigenvalue weighted by Gasteiger charge is 2.34. The van der Waals surface area contributed by atoms with Crippen LogP contribution in [-0.2, 0) is 9.84 Å². The Morgan fingerprint density at radius 2 is 2.24 bits per heavy atom. The Balaban J connectivity index is 2.25. The summed E-state index contributed by atoms with van der Waals surface area (Å²) in [6.07, 6.45) is 2.83. The molecule has 17 heavy (non-hydrogen) atoms. The largest absolute Gasteiger partial charge is 0.422 e. The number of hydrogen-bond acceptors (Lipinski definition) is 6. The van der Waals surface area contributed by atoms with E-state index in [0.717, 1.165) is 6.42 Å². The van der Waals surface area contributed by atoms with Gasteiger partial charge >= 0.3 is 0 Å². The van der Waals surface area contributed by atoms with Crippen LogP contribution in [0.25, 0.3) is 0 Å². The lowest BCUT2D eigenvalue weighted by Crippen LogP contribution is -2.21. The van der Waals surface area contributed by atoms with E-state index < -0.39 is 15.1 Å². The molecule has 0 amide bonds. The maximum absolute atomic E-state index is 11.9. The van der Waals surface area contributed by atoms with Crippen molar-refractivity contribution in [2.75, 3.05) is 5.75 Å². The molecule has 0 saturated carbocycles. The van der Waals surface area contributed by atoms with E-state index in [1.165, 1.54) is 0 Å². The van der Waals surface area contributed by atoms with Crippen molar-refractivity contribution in [3.63, 3.8) is 0 Å². The van der Waals surface area contributed by atoms with Crippen molar-refractivity contribution in [3.05, 3.63) is 11.8 Å². The van der Waals surface area contributed by atoms with E-state index in [2.05, 4.69) is 10.2 Å². The van der Waals surface area contributed by atoms with E-state index >= 15 is 0 Å². The summed E-state index contributed by atoms with van der Waals surface area (Å²) in [5.74, 6) is 0.724. The topological polar surface area (TPSA) is 99.1 Å². The van der Waals surface area contributed by atoms with Gasteiger partial charge in [-0.3, -0.25) is 0 Å². The Bertz CT molecular complexity index is 483. The van der Waals surface area contributed by atoms with Gasteiger partial charge in [-0.2, -0.15) is 0 Å². The lowest BCUT2D eigenvalue weighted by atomic mass is 10.2. The molecule has 1 aromatic rings. The van der Waals surface area contributed by atoms with Crippen LogP contribution < -0.4 is 5.73 Å². The minimum Gasteiger partial charge on any atom is -0.422 e. The van der Waals surface area contributed by atoms with Crippen molar-refractivity contribution < 1.29 is 12.8 Å². The molecule has 2 unspecified atom stereocenters. The summed E-state index contributed by atoms with van der Waals surface area (Å²) < 4.78 is 29.1. The predicted molar refractivity (Wildman–Crippen MR) is 61.9 cm³/mol. The second-order valence-corrected chi connectivity index (χ2v) is 6.65. The van der Waals surface area contributed by atoms with Gasteiger partial charge in [0, 0.05) is 0 Å². The number of hydrogen-bond donors (Lipinski definition) is 1. The molecule has 2 rings (SSSR count). The van der Waals surface area contributed by atoms with Crippen LogP contribution in [0.5, 0.6) is 0 Å². The lowest BCUT2D eigenvalue weighted by molar-refractivity contribution is 0.397. The van der Waals surface area contributed by atoms with E-state index in [0.29, 0.717) is 25.2 Å². The second kappa shape index (κ2) is 4.73. The Labute approximate surface area is 101 Å². The van der Waals surface area contributed by atoms with Crippen LogP contribution in [0, 0.1) is 0 Å². The first-order chi connectivity index (χ1) is 8.04. The van der Waals surface area contributed by atoms with E-state index in [1.54, 1.807) is 0 Å². The van der Waals surface area contributed by atoms with Crippen LogP contribution in [-0.4, -0.2) is 24.4 Å². The van der Waals surface area contributed by atoms with Crippen molar-refractivity contribution in [1.82, 2.24) is 10.2 Å². The van der Waals surface area contributed by atoms with Gasteiger partial charge in [0.25, 0.3) is 0 Å². The smallest absolute Gasteiger partial charge is 0.234 e. The fraction of sp³-hybridized carbons (Fsp3) is 0.800. The summed E-state index contributed by atoms with van der Waals surface area (Å²) in [4.78, 5) is 0. The molecule has 1 fully saturated rings. The van der Waals surface area contributed by atoms with Crippen LogP contribution in [0.4, 0.5) is 0 Å². The van der Waals surface area contributed by atoms with Gasteiger partial charge in [-0.05, 0) is 19.3 Å². The zero-order valence-electron chi connectivity index (χ0n) is 9.80. The molecule has 0 radical (unpaired) electrons. The third-order valence-electron chi connectivity index (χ3n) is 3.07. The number of nitrogens with two attached hydrogens (primary N) is 1. The number of sulfone groups is 1. The van der Waals surface area contributed by atoms with Crippen molar-refractivity contribution >= 4 is 9.84 Å². The number of aromatic nitrogens is 2. The first-order valence-electron chi connectivity index (χ1n) is 5.85. The molecular weight excluding hydrogens is 242 g/mol. The van der Waals surface area contributed by atoms with E-state index in [4.69, 9.17) is 10.2 Å². The van der Waals surface area contributed by atoms with Crippen LogP contribution >= 0.6 is 0 Å². The highest BCUT2D eigenvalue weighted by molar-refractivity contribution is 7.91. The predicted octanol–water partition coefficient (Wildman–Crippen LogP) is 1.12. The fourth-order valence-corrected chi connectivity index (χ4v) is 3.75. The standard InChI is InChI=1S/C10H17N3O3S/c1-2-7(11)9-12-13-10(16-9)8-5-3-4-6-17(8,14)15/h7-8H,2-6,11H2,1H3. The van der Waals surface area contributed by atoms with Gasteiger partial charge in [0.2, 0.25) is 11.8 Å². The molecule has 1 saturated heterocycles. The average molecular weight is 259 g/mol. The number of nitrogens with zero attached hydrogens (tertiary/aromatic N) is 2. The average Bonchev–Trinajstić information content (AvgIpc) is 2.76. The molecule has 1 aliphatic heterocycles. The van der Waals surface area contributed by atoms with E-state index in [1.807, 2.05) is 6.92 Å². The molecule has 2 atom stereocenters. The van der Waals surface area contributed by atoms with Crippen LogP contribution in [0.15, 0.2) is 4.42 Å². The summed E-state index contributed by atoms with van der Waals surface area (Å²) in [6.45, 7) is 1.91. The van der Waals surface area contributed by atoms with Crippen molar-refractivity contribution in [3.8, 4) is 0 Å². The second-order valence-electron chi connectivity index (χ2n) is 4.34. The molecule has 0 bridgehead atoms. The zero-order chi connectivity index (χ0) is 12.5. The van der Waals surface area contributed by atoms with Crippen LogP contribution in [0.3, 0.4) is 0 Å². The summed E-state index contributed by atoms with van der Waals surface area (Å²) in [5, 5.41) is 7.01. The van der Waals surface area contributed by atoms with Gasteiger partial charge in [0.1, 0.15) is 5.25 Å². The summed E-state index contributed by atoms with van der Waals surface area (Å²) >= 11 is 0. The SMILES string of the molecule is CCC(N)c1nnc(C2CCCCS2(=O)=O)o1. The molecule has 6 nitrogen and oxygen atoms in total. The van der Waals surface area contributed by atoms with Crippen LogP contribution in [0.2, 0.25) is 0 Å². The highest BCUT2D eigenvalue weighted by atomic mass is 32.2. The molecule has 2 heterocycles. The highest BCUT2D eigenvalue weighted by Crippen LogP contribution is 2.33. The molecule has 2 N–H and O–H groups in total. The molecule has 1 aliphatic rings. The van der Waals surface area contributed by atoms with Gasteiger partial charge in [-0.1, -0.05) is 13.3 Å². The Hall–Kier alpha value is -0.950. The monoisotopic (exact) mass is 259 g/mol. The van der Waals surface area contributed by atoms with Crippen LogP contribution in [0.1, 0.15) is 55.7 Å². The van der Waals surface area contributed by atoms with E-state index in [9.17, 15) is 8.42 Å². The molecule has 0 aliphatic carbocycles. The van der Waals surface area contributed by atoms with Gasteiger partial charge in [0.15, 0.2) is 9.84 Å². The van der Waals surface area contributed by atoms with Gasteiger partial charge < -0.3 is 10.2 Å². The van der Waals surface area contributed by atoms with Crippen molar-refractivity contribution in [2.45, 2.75) is 43.9 Å². The Kier molecular flexibility index (Phi) is 3.48. The van der Waals surface area contributed by atoms with Crippen molar-refractivity contribution in [2.24, 2.45) is 5.73 Å². The third-order valence-corrected chi connectivity index (χ3v) is 5.23. The first-order valence-corrected chi connectivity index (χ1v) is 7.56. The zero-order valence-corrected chi connectivity index (χ0v) is 10.6. The minimum absolute atomic E-state index is 0.198. The molecular formula is C10H17N3O3S. The molecule has 7 heteroatoms. The fourth-order valence-electron chi connectivity index (χ4n) is 1.93. The number of rotatable bonds is 3. The molecule has 0 spiro atoms.